The molecule has 1 fully saturated rings. The molecule has 0 bridgehead atoms. The molecule has 0 unspecified atom stereocenters. The Morgan fingerprint density at radius 3 is 1.73 bits per heavy atom. The van der Waals surface area contributed by atoms with Gasteiger partial charge in [0.15, 0.2) is 11.6 Å². The molecule has 5 atom stereocenters. The Balaban J connectivity index is 0.00000131. The topological polar surface area (TPSA) is 237 Å². The molecule has 0 saturated carbocycles. The van der Waals surface area contributed by atoms with Gasteiger partial charge in [-0.1, -0.05) is 0 Å². The number of nitrogens with one attached hydrogen (secondary N) is 2. The summed E-state index contributed by atoms with van der Waals surface area (Å²) in [6.07, 6.45) is -10.8. The lowest BCUT2D eigenvalue weighted by Gasteiger charge is -2.26. The van der Waals surface area contributed by atoms with Gasteiger partial charge in [0.1, 0.15) is 17.9 Å². The molecule has 0 radical (unpaired) electrons. The van der Waals surface area contributed by atoms with Crippen LogP contribution in [0.4, 0.5) is 39.5 Å². The molecule has 8 N–H and O–H groups in total. The molecular formula is C25H29F9N4O10. The third-order valence-electron chi connectivity index (χ3n) is 5.98. The Morgan fingerprint density at radius 2 is 1.31 bits per heavy atom. The Bertz CT molecular complexity index is 1320. The van der Waals surface area contributed by atoms with Gasteiger partial charge >= 0.3 is 36.2 Å². The predicted molar refractivity (Wildman–Crippen MR) is 139 cm³/mol. The lowest BCUT2D eigenvalue weighted by Crippen LogP contribution is -2.52. The van der Waals surface area contributed by atoms with Gasteiger partial charge in [-0.2, -0.15) is 26.3 Å². The molecule has 272 valence electrons. The number of carboxylic acid groups (broad SMARTS) is 4. The van der Waals surface area contributed by atoms with E-state index in [1.165, 1.54) is 13.8 Å². The van der Waals surface area contributed by atoms with Crippen LogP contribution in [0.5, 0.6) is 0 Å². The molecule has 1 aliphatic heterocycles. The first-order chi connectivity index (χ1) is 21.7. The number of nitrogens with zero attached hydrogens (tertiary/aromatic N) is 1. The first-order valence-corrected chi connectivity index (χ1v) is 13.0. The second kappa shape index (κ2) is 18.0. The fourth-order valence-electron chi connectivity index (χ4n) is 3.78. The number of carbonyl (C=O) groups is 6. The van der Waals surface area contributed by atoms with Crippen LogP contribution in [-0.4, -0.2) is 110 Å². The van der Waals surface area contributed by atoms with Crippen LogP contribution >= 0.6 is 0 Å². The lowest BCUT2D eigenvalue weighted by atomic mass is 10.0. The summed E-state index contributed by atoms with van der Waals surface area (Å²) in [4.78, 5) is 66.5. The van der Waals surface area contributed by atoms with E-state index in [1.54, 1.807) is 0 Å². The summed E-state index contributed by atoms with van der Waals surface area (Å²) in [6, 6.07) is -3.85. The van der Waals surface area contributed by atoms with Gasteiger partial charge in [0.2, 0.25) is 11.8 Å². The summed E-state index contributed by atoms with van der Waals surface area (Å²) in [7, 11) is 0. The number of amides is 2. The number of aliphatic carboxylic acids is 4. The number of hydrogen-bond acceptors (Lipinski definition) is 8. The molecule has 1 aromatic carbocycles. The van der Waals surface area contributed by atoms with Gasteiger partial charge in [-0.25, -0.2) is 27.6 Å². The zero-order valence-corrected chi connectivity index (χ0v) is 24.5. The quantitative estimate of drug-likeness (QED) is 0.134. The molecule has 48 heavy (non-hydrogen) atoms. The Labute approximate surface area is 263 Å². The van der Waals surface area contributed by atoms with Crippen LogP contribution in [0.25, 0.3) is 0 Å². The highest BCUT2D eigenvalue weighted by Gasteiger charge is 2.42. The number of likely N-dealkylation sites (tertiary alicyclic amines) is 1. The minimum Gasteiger partial charge on any atom is -0.480 e. The number of hydrogen-bond donors (Lipinski definition) is 7. The number of nitrogens with two attached hydrogens (primary N) is 1. The van der Waals surface area contributed by atoms with Gasteiger partial charge in [0.25, 0.3) is 0 Å². The first kappa shape index (κ1) is 43.3. The normalized spacial score (nSPS) is 17.8. The number of halogens is 9. The second-order valence-corrected chi connectivity index (χ2v) is 9.92. The number of rotatable bonds is 10. The minimum atomic E-state index is -5.08. The van der Waals surface area contributed by atoms with E-state index in [1.807, 2.05) is 0 Å². The first-order valence-electron chi connectivity index (χ1n) is 13.0. The van der Waals surface area contributed by atoms with Crippen molar-refractivity contribution in [2.75, 3.05) is 6.54 Å². The summed E-state index contributed by atoms with van der Waals surface area (Å²) >= 11 is 0. The molecule has 0 aliphatic carbocycles. The fourth-order valence-corrected chi connectivity index (χ4v) is 3.78. The Morgan fingerprint density at radius 1 is 0.854 bits per heavy atom. The SMILES string of the molecule is C[C@H](N[C@@H](C)C(=O)N1C[C@@H](NC(=O)C[C@H](N)Cc2cc(F)c(F)cc2F)C[C@H]1C(=O)O)C(=O)O.O=C(O)C(F)(F)F.O=C(O)C(F)(F)F. The van der Waals surface area contributed by atoms with E-state index >= 15 is 0 Å². The highest BCUT2D eigenvalue weighted by atomic mass is 19.4. The summed E-state index contributed by atoms with van der Waals surface area (Å²) in [5, 5.41) is 37.8. The maximum Gasteiger partial charge on any atom is 0.490 e. The van der Waals surface area contributed by atoms with Crippen molar-refractivity contribution in [3.05, 3.63) is 35.1 Å². The molecule has 1 aliphatic rings. The summed E-state index contributed by atoms with van der Waals surface area (Å²) in [5.41, 5.74) is 5.65. The number of benzene rings is 1. The van der Waals surface area contributed by atoms with Crippen LogP contribution < -0.4 is 16.4 Å². The maximum absolute atomic E-state index is 13.8. The monoisotopic (exact) mass is 716 g/mol. The van der Waals surface area contributed by atoms with Crippen LogP contribution in [0.1, 0.15) is 32.3 Å². The van der Waals surface area contributed by atoms with E-state index in [9.17, 15) is 63.8 Å². The molecule has 2 amide bonds. The average Bonchev–Trinajstić information content (AvgIpc) is 3.34. The van der Waals surface area contributed by atoms with Crippen LogP contribution in [0.3, 0.4) is 0 Å². The van der Waals surface area contributed by atoms with Crippen molar-refractivity contribution >= 4 is 35.7 Å². The lowest BCUT2D eigenvalue weighted by molar-refractivity contribution is -0.193. The third-order valence-corrected chi connectivity index (χ3v) is 5.98. The van der Waals surface area contributed by atoms with Crippen LogP contribution in [0.15, 0.2) is 12.1 Å². The number of carbonyl (C=O) groups excluding carboxylic acids is 2. The summed E-state index contributed by atoms with van der Waals surface area (Å²) in [5.74, 6) is -12.8. The number of alkyl halides is 6. The second-order valence-electron chi connectivity index (χ2n) is 9.92. The molecule has 1 saturated heterocycles. The van der Waals surface area contributed by atoms with Crippen molar-refractivity contribution in [3.63, 3.8) is 0 Å². The van der Waals surface area contributed by atoms with Crippen molar-refractivity contribution in [1.82, 2.24) is 15.5 Å². The van der Waals surface area contributed by atoms with E-state index in [-0.39, 0.29) is 31.4 Å². The minimum absolute atomic E-state index is 0.0823. The van der Waals surface area contributed by atoms with Crippen LogP contribution in [0.2, 0.25) is 0 Å². The van der Waals surface area contributed by atoms with E-state index in [2.05, 4.69) is 10.6 Å². The van der Waals surface area contributed by atoms with Crippen molar-refractivity contribution < 1.29 is 88.7 Å². The molecule has 14 nitrogen and oxygen atoms in total. The van der Waals surface area contributed by atoms with Gasteiger partial charge in [-0.15, -0.1) is 0 Å². The van der Waals surface area contributed by atoms with Gasteiger partial charge < -0.3 is 36.4 Å². The molecule has 1 heterocycles. The Hall–Kier alpha value is -4.67. The molecular weight excluding hydrogens is 687 g/mol. The zero-order chi connectivity index (χ0) is 37.9. The van der Waals surface area contributed by atoms with Gasteiger partial charge in [-0.3, -0.25) is 19.7 Å². The molecule has 2 rings (SSSR count). The van der Waals surface area contributed by atoms with Crippen molar-refractivity contribution in [2.24, 2.45) is 5.73 Å². The van der Waals surface area contributed by atoms with Gasteiger partial charge in [-0.05, 0) is 31.9 Å². The molecule has 23 heteroatoms. The highest BCUT2D eigenvalue weighted by molar-refractivity contribution is 5.88. The van der Waals surface area contributed by atoms with Gasteiger partial charge in [0.05, 0.1) is 6.04 Å². The number of carboxylic acids is 4. The third kappa shape index (κ3) is 14.8. The van der Waals surface area contributed by atoms with Crippen LogP contribution in [-0.2, 0) is 35.2 Å². The maximum atomic E-state index is 13.8. The van der Waals surface area contributed by atoms with Crippen molar-refractivity contribution in [2.45, 2.75) is 75.7 Å². The fraction of sp³-hybridized carbons (Fsp3) is 0.520. The molecule has 1 aromatic rings. The largest absolute Gasteiger partial charge is 0.490 e. The van der Waals surface area contributed by atoms with Crippen molar-refractivity contribution in [1.29, 1.82) is 0 Å². The summed E-state index contributed by atoms with van der Waals surface area (Å²) in [6.45, 7) is 2.62. The highest BCUT2D eigenvalue weighted by Crippen LogP contribution is 2.21. The van der Waals surface area contributed by atoms with Gasteiger partial charge in [0, 0.05) is 37.5 Å². The molecule has 0 aromatic heterocycles. The Kier molecular flexibility index (Phi) is 16.3. The average molecular weight is 717 g/mol. The van der Waals surface area contributed by atoms with E-state index in [0.29, 0.717) is 12.1 Å². The van der Waals surface area contributed by atoms with Crippen molar-refractivity contribution in [3.8, 4) is 0 Å². The summed E-state index contributed by atoms with van der Waals surface area (Å²) < 4.78 is 104. The van der Waals surface area contributed by atoms with E-state index < -0.39 is 95.7 Å². The zero-order valence-electron chi connectivity index (χ0n) is 24.5. The molecule has 0 spiro atoms. The van der Waals surface area contributed by atoms with E-state index in [4.69, 9.17) is 30.6 Å². The smallest absolute Gasteiger partial charge is 0.480 e. The van der Waals surface area contributed by atoms with E-state index in [0.717, 1.165) is 4.90 Å². The standard InChI is InChI=1S/C21H27F3N4O6.2C2HF3O2/c1-9(26-10(2)20(31)32)19(30)28-8-13(6-17(28)21(33)34)27-18(29)5-12(25)3-11-4-15(23)16(24)7-14(11)22;2*3-2(4,5)1(6)7/h4,7,9-10,12-13,17,26H,3,5-6,8,25H2,1-2H3,(H,27,29)(H,31,32)(H,33,34);2*(H,6,7)/t9-,10-,12+,13-,17-;;/m0../s1. The predicted octanol–water partition coefficient (Wildman–Crippen LogP) is 1.25. The van der Waals surface area contributed by atoms with Crippen LogP contribution in [0, 0.1) is 17.5 Å².